The Kier molecular flexibility index (Phi) is 4.51. The molecule has 0 amide bonds. The molecule has 0 aromatic carbocycles. The first-order valence-corrected chi connectivity index (χ1v) is 8.20. The molecular weight excluding hydrogens is 254 g/mol. The van der Waals surface area contributed by atoms with Crippen molar-refractivity contribution in [1.29, 1.82) is 0 Å². The van der Waals surface area contributed by atoms with Crippen LogP contribution in [0.3, 0.4) is 0 Å². The van der Waals surface area contributed by atoms with Crippen LogP contribution in [0.5, 0.6) is 0 Å². The molecule has 108 valence electrons. The van der Waals surface area contributed by atoms with Crippen molar-refractivity contribution < 1.29 is 0 Å². The predicted octanol–water partition coefficient (Wildman–Crippen LogP) is 3.75. The van der Waals surface area contributed by atoms with Gasteiger partial charge in [-0.1, -0.05) is 20.8 Å². The number of hydrogen-bond donors (Lipinski definition) is 1. The molecule has 4 heteroatoms. The zero-order valence-electron chi connectivity index (χ0n) is 12.9. The molecule has 1 N–H and O–H groups in total. The van der Waals surface area contributed by atoms with Crippen LogP contribution < -0.4 is 10.2 Å². The smallest absolute Gasteiger partial charge is 0.185 e. The van der Waals surface area contributed by atoms with E-state index in [-0.39, 0.29) is 0 Å². The zero-order chi connectivity index (χ0) is 14.0. The van der Waals surface area contributed by atoms with Gasteiger partial charge in [-0.25, -0.2) is 4.98 Å². The number of aryl methyl sites for hydroxylation is 1. The molecule has 1 aliphatic heterocycles. The van der Waals surface area contributed by atoms with Crippen LogP contribution in [0.1, 0.15) is 57.1 Å². The Morgan fingerprint density at radius 2 is 2.21 bits per heavy atom. The van der Waals surface area contributed by atoms with Crippen LogP contribution in [0, 0.1) is 12.3 Å². The Balaban J connectivity index is 2.08. The maximum Gasteiger partial charge on any atom is 0.185 e. The van der Waals surface area contributed by atoms with Crippen molar-refractivity contribution in [3.05, 3.63) is 10.6 Å². The van der Waals surface area contributed by atoms with Gasteiger partial charge in [0.05, 0.1) is 5.69 Å². The molecule has 1 saturated heterocycles. The lowest BCUT2D eigenvalue weighted by molar-refractivity contribution is 0.418. The molecule has 1 atom stereocenters. The fourth-order valence-corrected chi connectivity index (χ4v) is 3.78. The molecule has 3 nitrogen and oxygen atoms in total. The van der Waals surface area contributed by atoms with E-state index in [1.165, 1.54) is 28.5 Å². The molecule has 1 aliphatic rings. The summed E-state index contributed by atoms with van der Waals surface area (Å²) in [5.41, 5.74) is 1.63. The van der Waals surface area contributed by atoms with E-state index in [2.05, 4.69) is 44.8 Å². The van der Waals surface area contributed by atoms with Crippen LogP contribution in [0.25, 0.3) is 0 Å². The maximum absolute atomic E-state index is 4.79. The summed E-state index contributed by atoms with van der Waals surface area (Å²) in [6.07, 6.45) is 2.44. The van der Waals surface area contributed by atoms with Crippen LogP contribution in [-0.4, -0.2) is 24.6 Å². The summed E-state index contributed by atoms with van der Waals surface area (Å²) in [4.78, 5) is 8.64. The zero-order valence-corrected chi connectivity index (χ0v) is 13.7. The molecule has 1 unspecified atom stereocenters. The van der Waals surface area contributed by atoms with Crippen LogP contribution >= 0.6 is 11.3 Å². The average molecular weight is 281 g/mol. The number of nitrogens with one attached hydrogen (secondary N) is 1. The van der Waals surface area contributed by atoms with Gasteiger partial charge in [0.1, 0.15) is 0 Å². The summed E-state index contributed by atoms with van der Waals surface area (Å²) >= 11 is 1.87. The quantitative estimate of drug-likeness (QED) is 0.891. The Morgan fingerprint density at radius 3 is 2.79 bits per heavy atom. The fraction of sp³-hybridized carbons (Fsp3) is 0.800. The van der Waals surface area contributed by atoms with Gasteiger partial charge < -0.3 is 10.2 Å². The van der Waals surface area contributed by atoms with Gasteiger partial charge in [-0.15, -0.1) is 11.3 Å². The second-order valence-corrected chi connectivity index (χ2v) is 7.47. The van der Waals surface area contributed by atoms with E-state index in [1.54, 1.807) is 0 Å². The molecule has 0 radical (unpaired) electrons. The van der Waals surface area contributed by atoms with Gasteiger partial charge in [0.25, 0.3) is 0 Å². The first-order chi connectivity index (χ1) is 8.93. The number of nitrogens with zero attached hydrogens (tertiary/aromatic N) is 2. The Labute approximate surface area is 121 Å². The van der Waals surface area contributed by atoms with Gasteiger partial charge >= 0.3 is 0 Å². The van der Waals surface area contributed by atoms with Crippen molar-refractivity contribution in [3.8, 4) is 0 Å². The summed E-state index contributed by atoms with van der Waals surface area (Å²) in [5, 5.41) is 4.77. The molecule has 19 heavy (non-hydrogen) atoms. The van der Waals surface area contributed by atoms with Crippen LogP contribution in [0.15, 0.2) is 0 Å². The predicted molar refractivity (Wildman–Crippen MR) is 84.2 cm³/mol. The van der Waals surface area contributed by atoms with Crippen molar-refractivity contribution in [3.63, 3.8) is 0 Å². The number of anilines is 1. The number of rotatable bonds is 5. The molecule has 2 rings (SSSR count). The Morgan fingerprint density at radius 1 is 1.47 bits per heavy atom. The van der Waals surface area contributed by atoms with Crippen LogP contribution in [0.4, 0.5) is 5.13 Å². The molecule has 0 spiro atoms. The molecule has 1 aromatic rings. The van der Waals surface area contributed by atoms with Crippen molar-refractivity contribution in [2.75, 3.05) is 24.5 Å². The first kappa shape index (κ1) is 14.8. The minimum atomic E-state index is 0.418. The third-order valence-corrected chi connectivity index (χ3v) is 5.26. The van der Waals surface area contributed by atoms with E-state index in [0.29, 0.717) is 11.5 Å². The summed E-state index contributed by atoms with van der Waals surface area (Å²) in [7, 11) is 0. The molecular formula is C15H27N3S. The van der Waals surface area contributed by atoms with Crippen molar-refractivity contribution >= 4 is 16.5 Å². The highest BCUT2D eigenvalue weighted by molar-refractivity contribution is 7.15. The van der Waals surface area contributed by atoms with E-state index >= 15 is 0 Å². The molecule has 2 heterocycles. The minimum Gasteiger partial charge on any atom is -0.348 e. The van der Waals surface area contributed by atoms with Gasteiger partial charge in [-0.2, -0.15) is 0 Å². The summed E-state index contributed by atoms with van der Waals surface area (Å²) in [6, 6.07) is 0.418. The molecule has 0 bridgehead atoms. The minimum absolute atomic E-state index is 0.418. The largest absolute Gasteiger partial charge is 0.348 e. The second kappa shape index (κ2) is 5.80. The summed E-state index contributed by atoms with van der Waals surface area (Å²) in [5.74, 6) is 0. The van der Waals surface area contributed by atoms with Crippen molar-refractivity contribution in [2.24, 2.45) is 5.41 Å². The topological polar surface area (TPSA) is 28.2 Å². The molecule has 1 fully saturated rings. The Hall–Kier alpha value is -0.610. The number of hydrogen-bond acceptors (Lipinski definition) is 4. The van der Waals surface area contributed by atoms with E-state index in [0.717, 1.165) is 19.6 Å². The van der Waals surface area contributed by atoms with Gasteiger partial charge in [-0.3, -0.25) is 0 Å². The normalized spacial score (nSPS) is 19.9. The third-order valence-electron chi connectivity index (χ3n) is 3.86. The molecule has 1 aromatic heterocycles. The van der Waals surface area contributed by atoms with Gasteiger partial charge in [0.15, 0.2) is 5.13 Å². The maximum atomic E-state index is 4.79. The van der Waals surface area contributed by atoms with Gasteiger partial charge in [0, 0.05) is 24.0 Å². The summed E-state index contributed by atoms with van der Waals surface area (Å²) < 4.78 is 0. The van der Waals surface area contributed by atoms with Crippen molar-refractivity contribution in [1.82, 2.24) is 10.3 Å². The number of thiazole rings is 1. The lowest BCUT2D eigenvalue weighted by Crippen LogP contribution is -2.22. The lowest BCUT2D eigenvalue weighted by atomic mass is 9.93. The van der Waals surface area contributed by atoms with E-state index in [1.807, 2.05) is 11.3 Å². The molecule has 0 aliphatic carbocycles. The Bertz CT molecular complexity index is 425. The lowest BCUT2D eigenvalue weighted by Gasteiger charge is -2.18. The average Bonchev–Trinajstić information content (AvgIpc) is 2.89. The number of aromatic nitrogens is 1. The third kappa shape index (κ3) is 3.48. The van der Waals surface area contributed by atoms with Crippen LogP contribution in [0.2, 0.25) is 0 Å². The first-order valence-electron chi connectivity index (χ1n) is 7.38. The highest BCUT2D eigenvalue weighted by Gasteiger charge is 2.31. The van der Waals surface area contributed by atoms with Gasteiger partial charge in [0.2, 0.25) is 0 Å². The van der Waals surface area contributed by atoms with E-state index < -0.39 is 0 Å². The molecule has 0 saturated carbocycles. The monoisotopic (exact) mass is 281 g/mol. The van der Waals surface area contributed by atoms with Gasteiger partial charge in [-0.05, 0) is 38.6 Å². The van der Waals surface area contributed by atoms with Crippen LogP contribution in [-0.2, 0) is 0 Å². The highest BCUT2D eigenvalue weighted by Crippen LogP contribution is 2.37. The SMILES string of the molecule is CCCNC(C)c1sc(N2CCC(C)(C)C2)nc1C. The standard InChI is InChI=1S/C15H27N3S/c1-6-8-16-11(2)13-12(3)17-14(19-13)18-9-7-15(4,5)10-18/h11,16H,6-10H2,1-5H3. The van der Waals surface area contributed by atoms with E-state index in [4.69, 9.17) is 4.98 Å². The highest BCUT2D eigenvalue weighted by atomic mass is 32.1. The fourth-order valence-electron chi connectivity index (χ4n) is 2.66. The van der Waals surface area contributed by atoms with Crippen molar-refractivity contribution in [2.45, 2.75) is 53.5 Å². The van der Waals surface area contributed by atoms with E-state index in [9.17, 15) is 0 Å². The summed E-state index contributed by atoms with van der Waals surface area (Å²) in [6.45, 7) is 14.6. The second-order valence-electron chi connectivity index (χ2n) is 6.46.